The molecule has 0 saturated carbocycles. The zero-order valence-corrected chi connectivity index (χ0v) is 13.2. The summed E-state index contributed by atoms with van der Waals surface area (Å²) in [4.78, 5) is 16.1. The van der Waals surface area contributed by atoms with Crippen molar-refractivity contribution in [3.8, 4) is 10.9 Å². The summed E-state index contributed by atoms with van der Waals surface area (Å²) in [6.07, 6.45) is 2.06. The molecular weight excluding hydrogens is 304 g/mol. The number of nitrogens with zero attached hydrogens (tertiary/aromatic N) is 6. The molecule has 3 aromatic heterocycles. The minimum absolute atomic E-state index is 0.176. The molecule has 0 unspecified atom stereocenters. The van der Waals surface area contributed by atoms with E-state index in [-0.39, 0.29) is 24.5 Å². The van der Waals surface area contributed by atoms with Crippen molar-refractivity contribution in [2.45, 2.75) is 26.5 Å². The smallest absolute Gasteiger partial charge is 0.368 e. The molecule has 0 aliphatic rings. The predicted molar refractivity (Wildman–Crippen MR) is 81.4 cm³/mol. The zero-order valence-electron chi connectivity index (χ0n) is 13.4. The Labute approximate surface area is 132 Å². The maximum Gasteiger partial charge on any atom is 0.368 e. The molecule has 0 aromatic carbocycles. The Kier molecular flexibility index (Phi) is 3.47. The lowest BCUT2D eigenvalue weighted by molar-refractivity contribution is 0.290. The number of hydrogen-bond acceptors (Lipinski definition) is 6. The Bertz CT molecular complexity index is 877. The van der Waals surface area contributed by atoms with Gasteiger partial charge in [-0.25, -0.2) is 9.78 Å². The van der Waals surface area contributed by atoms with E-state index in [0.29, 0.717) is 10.9 Å². The molecule has 116 valence electrons. The molecule has 8 nitrogen and oxygen atoms in total. The lowest BCUT2D eigenvalue weighted by Gasteiger charge is -2.14. The van der Waals surface area contributed by atoms with Gasteiger partial charge in [-0.1, -0.05) is 11.3 Å². The fourth-order valence-electron chi connectivity index (χ4n) is 2.14. The summed E-state index contributed by atoms with van der Waals surface area (Å²) in [5.74, 6) is 0. The highest BCUT2D eigenvalue weighted by Crippen LogP contribution is 2.22. The maximum atomic E-state index is 12.1. The van der Waals surface area contributed by atoms with Crippen LogP contribution in [0, 0.1) is 0 Å². The topological polar surface area (TPSA) is 79.8 Å². The van der Waals surface area contributed by atoms with E-state index in [1.165, 1.54) is 20.7 Å². The molecule has 0 aliphatic carbocycles. The van der Waals surface area contributed by atoms with E-state index in [9.17, 15) is 4.79 Å². The molecule has 9 heteroatoms. The van der Waals surface area contributed by atoms with Crippen LogP contribution in [0.5, 0.6) is 5.19 Å². The average Bonchev–Trinajstić information content (AvgIpc) is 3.18. The van der Waals surface area contributed by atoms with Crippen LogP contribution in [0.25, 0.3) is 5.69 Å². The first-order valence-electron chi connectivity index (χ1n) is 7.21. The van der Waals surface area contributed by atoms with E-state index in [1.807, 2.05) is 30.7 Å². The number of thiazole rings is 1. The van der Waals surface area contributed by atoms with Crippen molar-refractivity contribution in [2.75, 3.05) is 0 Å². The van der Waals surface area contributed by atoms with E-state index < -0.39 is 0 Å². The van der Waals surface area contributed by atoms with E-state index >= 15 is 0 Å². The second-order valence-electron chi connectivity index (χ2n) is 4.98. The van der Waals surface area contributed by atoms with Crippen molar-refractivity contribution >= 4 is 11.3 Å². The Morgan fingerprint density at radius 1 is 1.45 bits per heavy atom. The second kappa shape index (κ2) is 5.76. The number of ether oxygens (including phenoxy) is 1. The van der Waals surface area contributed by atoms with Crippen LogP contribution in [-0.2, 0) is 13.7 Å². The molecule has 3 aromatic rings. The van der Waals surface area contributed by atoms with Crippen molar-refractivity contribution < 1.29 is 6.11 Å². The van der Waals surface area contributed by atoms with E-state index in [1.54, 1.807) is 12.4 Å². The summed E-state index contributed by atoms with van der Waals surface area (Å²) in [5.41, 5.74) is 1.10. The molecule has 0 fully saturated rings. The van der Waals surface area contributed by atoms with Gasteiger partial charge in [-0.3, -0.25) is 0 Å². The van der Waals surface area contributed by atoms with E-state index in [2.05, 4.69) is 15.4 Å². The number of tetrazole rings is 1. The van der Waals surface area contributed by atoms with Crippen molar-refractivity contribution in [1.82, 2.24) is 29.3 Å². The van der Waals surface area contributed by atoms with Gasteiger partial charge < -0.3 is 9.30 Å². The maximum absolute atomic E-state index is 12.1. The first kappa shape index (κ1) is 13.3. The van der Waals surface area contributed by atoms with Crippen LogP contribution in [-0.4, -0.2) is 29.3 Å². The summed E-state index contributed by atoms with van der Waals surface area (Å²) < 4.78 is 17.5. The second-order valence-corrected chi connectivity index (χ2v) is 5.80. The molecule has 3 heterocycles. The van der Waals surface area contributed by atoms with Crippen LogP contribution < -0.4 is 10.4 Å². The van der Waals surface area contributed by atoms with Gasteiger partial charge in [0.15, 0.2) is 0 Å². The van der Waals surface area contributed by atoms with Crippen LogP contribution in [0.15, 0.2) is 28.6 Å². The SMILES string of the molecule is [3H]c1csc(OCc2c(-n3nnn(C)c3=O)ccn2C(C)C)n1. The van der Waals surface area contributed by atoms with Crippen LogP contribution in [0.3, 0.4) is 0 Å². The minimum Gasteiger partial charge on any atom is -0.464 e. The summed E-state index contributed by atoms with van der Waals surface area (Å²) >= 11 is 1.26. The highest BCUT2D eigenvalue weighted by Gasteiger charge is 2.17. The first-order valence-corrected chi connectivity index (χ1v) is 7.59. The van der Waals surface area contributed by atoms with Crippen molar-refractivity contribution in [3.05, 3.63) is 40.0 Å². The average molecular weight is 322 g/mol. The lowest BCUT2D eigenvalue weighted by atomic mass is 10.3. The quantitative estimate of drug-likeness (QED) is 0.709. The number of hydrogen-bond donors (Lipinski definition) is 0. The monoisotopic (exact) mass is 322 g/mol. The molecule has 0 bridgehead atoms. The fraction of sp³-hybridized carbons (Fsp3) is 0.385. The molecule has 0 spiro atoms. The Morgan fingerprint density at radius 2 is 2.27 bits per heavy atom. The van der Waals surface area contributed by atoms with Gasteiger partial charge in [-0.2, -0.15) is 9.36 Å². The molecule has 0 amide bonds. The summed E-state index contributed by atoms with van der Waals surface area (Å²) in [7, 11) is 1.55. The zero-order chi connectivity index (χ0) is 16.6. The molecule has 0 saturated heterocycles. The Morgan fingerprint density at radius 3 is 2.86 bits per heavy atom. The molecule has 0 radical (unpaired) electrons. The normalized spacial score (nSPS) is 11.9. The van der Waals surface area contributed by atoms with Crippen LogP contribution >= 0.6 is 11.3 Å². The van der Waals surface area contributed by atoms with E-state index in [4.69, 9.17) is 6.11 Å². The van der Waals surface area contributed by atoms with Crippen LogP contribution in [0.2, 0.25) is 0 Å². The van der Waals surface area contributed by atoms with Crippen LogP contribution in [0.4, 0.5) is 0 Å². The molecule has 0 atom stereocenters. The third kappa shape index (κ3) is 2.54. The highest BCUT2D eigenvalue weighted by molar-refractivity contribution is 7.11. The summed E-state index contributed by atoms with van der Waals surface area (Å²) in [6.45, 7) is 4.30. The fourth-order valence-corrected chi connectivity index (χ4v) is 2.58. The predicted octanol–water partition coefficient (Wildman–Crippen LogP) is 1.38. The van der Waals surface area contributed by atoms with Gasteiger partial charge in [0.25, 0.3) is 5.19 Å². The molecule has 3 rings (SSSR count). The molecule has 22 heavy (non-hydrogen) atoms. The minimum atomic E-state index is -0.324. The number of aromatic nitrogens is 6. The van der Waals surface area contributed by atoms with Gasteiger partial charge in [0.05, 0.1) is 12.8 Å². The van der Waals surface area contributed by atoms with Crippen molar-refractivity contribution in [3.63, 3.8) is 0 Å². The van der Waals surface area contributed by atoms with Gasteiger partial charge >= 0.3 is 5.69 Å². The number of rotatable bonds is 5. The van der Waals surface area contributed by atoms with Crippen molar-refractivity contribution in [2.24, 2.45) is 7.05 Å². The lowest BCUT2D eigenvalue weighted by Crippen LogP contribution is -2.23. The first-order chi connectivity index (χ1) is 11.0. The van der Waals surface area contributed by atoms with Crippen LogP contribution in [0.1, 0.15) is 27.0 Å². The largest absolute Gasteiger partial charge is 0.464 e. The highest BCUT2D eigenvalue weighted by atomic mass is 32.1. The molecular formula is C13H16N6O2S. The Balaban J connectivity index is 1.97. The summed E-state index contributed by atoms with van der Waals surface area (Å²) in [6, 6.07) is 2.00. The summed E-state index contributed by atoms with van der Waals surface area (Å²) in [5, 5.41) is 9.65. The third-order valence-corrected chi connectivity index (χ3v) is 3.84. The van der Waals surface area contributed by atoms with Gasteiger partial charge in [-0.15, -0.1) is 0 Å². The Hall–Kier alpha value is -2.42. The van der Waals surface area contributed by atoms with Gasteiger partial charge in [0, 0.05) is 30.8 Å². The van der Waals surface area contributed by atoms with Crippen molar-refractivity contribution in [1.29, 1.82) is 0 Å². The molecule has 0 N–H and O–H groups in total. The number of aryl methyl sites for hydroxylation is 1. The van der Waals surface area contributed by atoms with Gasteiger partial charge in [0.2, 0.25) is 0 Å². The van der Waals surface area contributed by atoms with Gasteiger partial charge in [0.1, 0.15) is 6.61 Å². The molecule has 0 aliphatic heterocycles. The standard InChI is InChI=1S/C13H16N6O2S/c1-9(2)18-6-4-10(19-13(20)17(3)15-16-19)11(18)8-21-12-14-5-7-22-12/h4-7,9H,8H2,1-3H3/i5T. The third-order valence-electron chi connectivity index (χ3n) is 3.21. The van der Waals surface area contributed by atoms with E-state index in [0.717, 1.165) is 5.69 Å². The van der Waals surface area contributed by atoms with Gasteiger partial charge in [-0.05, 0) is 30.3 Å².